The van der Waals surface area contributed by atoms with Crippen molar-refractivity contribution < 1.29 is 26.7 Å². The standard InChI is InChI=1S/C23H21F5N6O/c1-11-31-32-21-22(2,3)30-19-16(23(26,27)28)9-14(18(25)20(19)34(11)21)13-7-12(24)8-17-15(13)10-29-33(17)5-6-35-4/h7-10,30H,5-6H2,1-4H3. The van der Waals surface area contributed by atoms with Gasteiger partial charge in [-0.1, -0.05) is 0 Å². The van der Waals surface area contributed by atoms with Gasteiger partial charge >= 0.3 is 6.18 Å². The van der Waals surface area contributed by atoms with Crippen molar-refractivity contribution in [3.63, 3.8) is 0 Å². The summed E-state index contributed by atoms with van der Waals surface area (Å²) >= 11 is 0. The molecule has 0 spiro atoms. The first-order valence-electron chi connectivity index (χ1n) is 10.7. The van der Waals surface area contributed by atoms with E-state index in [-0.39, 0.29) is 36.1 Å². The first-order chi connectivity index (χ1) is 16.4. The molecule has 0 unspecified atom stereocenters. The van der Waals surface area contributed by atoms with Crippen LogP contribution >= 0.6 is 0 Å². The van der Waals surface area contributed by atoms with Crippen LogP contribution in [0, 0.1) is 18.6 Å². The highest BCUT2D eigenvalue weighted by Gasteiger charge is 2.43. The number of hydrogen-bond acceptors (Lipinski definition) is 5. The topological polar surface area (TPSA) is 69.8 Å². The van der Waals surface area contributed by atoms with Gasteiger partial charge in [0.15, 0.2) is 11.6 Å². The van der Waals surface area contributed by atoms with Gasteiger partial charge in [-0.25, -0.2) is 8.78 Å². The molecular formula is C23H21F5N6O. The fraction of sp³-hybridized carbons (Fsp3) is 0.348. The number of halogens is 5. The summed E-state index contributed by atoms with van der Waals surface area (Å²) in [5.41, 5.74) is -3.09. The third kappa shape index (κ3) is 3.54. The van der Waals surface area contributed by atoms with E-state index in [0.717, 1.165) is 6.07 Å². The van der Waals surface area contributed by atoms with Gasteiger partial charge in [0.25, 0.3) is 0 Å². The maximum absolute atomic E-state index is 16.2. The van der Waals surface area contributed by atoms with Crippen molar-refractivity contribution in [2.45, 2.75) is 39.0 Å². The minimum Gasteiger partial charge on any atom is -0.383 e. The molecule has 0 atom stereocenters. The Morgan fingerprint density at radius 2 is 1.83 bits per heavy atom. The summed E-state index contributed by atoms with van der Waals surface area (Å²) in [7, 11) is 1.50. The largest absolute Gasteiger partial charge is 0.418 e. The van der Waals surface area contributed by atoms with Crippen molar-refractivity contribution in [1.29, 1.82) is 0 Å². The van der Waals surface area contributed by atoms with Crippen LogP contribution < -0.4 is 5.32 Å². The van der Waals surface area contributed by atoms with Crippen LogP contribution in [-0.2, 0) is 23.0 Å². The number of aryl methyl sites for hydroxylation is 1. The number of fused-ring (bicyclic) bond motifs is 4. The molecule has 3 heterocycles. The first kappa shape index (κ1) is 23.2. The van der Waals surface area contributed by atoms with Gasteiger partial charge in [-0.2, -0.15) is 18.3 Å². The van der Waals surface area contributed by atoms with Gasteiger partial charge < -0.3 is 10.1 Å². The molecule has 1 aliphatic rings. The molecule has 1 N–H and O–H groups in total. The molecule has 2 aromatic heterocycles. The van der Waals surface area contributed by atoms with Gasteiger partial charge in [0.2, 0.25) is 0 Å². The molecule has 0 bridgehead atoms. The molecule has 7 nitrogen and oxygen atoms in total. The molecule has 0 saturated heterocycles. The van der Waals surface area contributed by atoms with Crippen LogP contribution in [-0.4, -0.2) is 38.3 Å². The predicted molar refractivity (Wildman–Crippen MR) is 118 cm³/mol. The quantitative estimate of drug-likeness (QED) is 0.397. The number of benzene rings is 2. The summed E-state index contributed by atoms with van der Waals surface area (Å²) in [6, 6.07) is 2.92. The second-order valence-corrected chi connectivity index (χ2v) is 8.91. The monoisotopic (exact) mass is 492 g/mol. The number of methoxy groups -OCH3 is 1. The Morgan fingerprint density at radius 3 is 2.51 bits per heavy atom. The molecule has 0 saturated carbocycles. The SMILES string of the molecule is COCCn1ncc2c(-c3cc(C(F)(F)F)c4c(c3F)-n3c(C)nnc3C(C)(C)N4)cc(F)cc21. The highest BCUT2D eigenvalue weighted by atomic mass is 19.4. The summed E-state index contributed by atoms with van der Waals surface area (Å²) in [6.07, 6.45) is -3.45. The minimum atomic E-state index is -4.83. The molecule has 0 amide bonds. The molecule has 5 rings (SSSR count). The van der Waals surface area contributed by atoms with Crippen LogP contribution in [0.1, 0.15) is 31.1 Å². The van der Waals surface area contributed by atoms with Crippen LogP contribution in [0.4, 0.5) is 27.6 Å². The van der Waals surface area contributed by atoms with Crippen molar-refractivity contribution >= 4 is 16.6 Å². The highest BCUT2D eigenvalue weighted by Crippen LogP contribution is 2.48. The Hall–Kier alpha value is -3.54. The first-order valence-corrected chi connectivity index (χ1v) is 10.7. The molecule has 35 heavy (non-hydrogen) atoms. The third-order valence-corrected chi connectivity index (χ3v) is 6.11. The molecule has 0 radical (unpaired) electrons. The lowest BCUT2D eigenvalue weighted by molar-refractivity contribution is -0.137. The van der Waals surface area contributed by atoms with E-state index in [0.29, 0.717) is 17.0 Å². The van der Waals surface area contributed by atoms with Crippen LogP contribution in [0.5, 0.6) is 0 Å². The fourth-order valence-corrected chi connectivity index (χ4v) is 4.53. The zero-order valence-electron chi connectivity index (χ0n) is 19.3. The Balaban J connectivity index is 1.86. The van der Waals surface area contributed by atoms with Crippen LogP contribution in [0.15, 0.2) is 24.4 Å². The second kappa shape index (κ2) is 7.74. The van der Waals surface area contributed by atoms with Crippen molar-refractivity contribution in [3.8, 4) is 16.8 Å². The third-order valence-electron chi connectivity index (χ3n) is 6.11. The number of anilines is 1. The average molecular weight is 492 g/mol. The lowest BCUT2D eigenvalue weighted by Gasteiger charge is -2.36. The number of alkyl halides is 3. The molecule has 0 aliphatic carbocycles. The number of ether oxygens (including phenoxy) is 1. The number of rotatable bonds is 4. The predicted octanol–water partition coefficient (Wildman–Crippen LogP) is 5.20. The van der Waals surface area contributed by atoms with E-state index in [1.165, 1.54) is 35.5 Å². The van der Waals surface area contributed by atoms with Crippen LogP contribution in [0.3, 0.4) is 0 Å². The maximum atomic E-state index is 16.2. The van der Waals surface area contributed by atoms with Gasteiger partial charge in [0.1, 0.15) is 17.3 Å². The Labute approximate surface area is 196 Å². The molecule has 4 aromatic rings. The van der Waals surface area contributed by atoms with Crippen LogP contribution in [0.25, 0.3) is 27.7 Å². The number of aromatic nitrogens is 5. The van der Waals surface area contributed by atoms with Crippen LogP contribution in [0.2, 0.25) is 0 Å². The molecule has 184 valence electrons. The average Bonchev–Trinajstić information content (AvgIpc) is 3.35. The van der Waals surface area contributed by atoms with Gasteiger partial charge in [0.05, 0.1) is 41.7 Å². The van der Waals surface area contributed by atoms with Gasteiger partial charge in [-0.05, 0) is 44.5 Å². The maximum Gasteiger partial charge on any atom is 0.418 e. The number of nitrogens with zero attached hydrogens (tertiary/aromatic N) is 5. The summed E-state index contributed by atoms with van der Waals surface area (Å²) in [5.74, 6) is -1.23. The normalized spacial score (nSPS) is 14.7. The molecule has 0 fully saturated rings. The lowest BCUT2D eigenvalue weighted by Crippen LogP contribution is -2.37. The summed E-state index contributed by atoms with van der Waals surface area (Å²) in [6.45, 7) is 5.36. The molecular weight excluding hydrogens is 471 g/mol. The Kier molecular flexibility index (Phi) is 5.13. The van der Waals surface area contributed by atoms with E-state index in [4.69, 9.17) is 4.74 Å². The lowest BCUT2D eigenvalue weighted by atomic mass is 9.92. The fourth-order valence-electron chi connectivity index (χ4n) is 4.53. The number of hydrogen-bond donors (Lipinski definition) is 1. The van der Waals surface area contributed by atoms with E-state index in [1.54, 1.807) is 13.8 Å². The van der Waals surface area contributed by atoms with Gasteiger partial charge in [-0.15, -0.1) is 10.2 Å². The van der Waals surface area contributed by atoms with E-state index < -0.39 is 40.2 Å². The Bertz CT molecular complexity index is 1470. The molecule has 1 aliphatic heterocycles. The second-order valence-electron chi connectivity index (χ2n) is 8.91. The van der Waals surface area contributed by atoms with Gasteiger partial charge in [-0.3, -0.25) is 9.25 Å². The van der Waals surface area contributed by atoms with E-state index in [9.17, 15) is 17.6 Å². The zero-order chi connectivity index (χ0) is 25.3. The van der Waals surface area contributed by atoms with Gasteiger partial charge in [0, 0.05) is 18.1 Å². The Morgan fingerprint density at radius 1 is 1.09 bits per heavy atom. The summed E-state index contributed by atoms with van der Waals surface area (Å²) in [5, 5.41) is 15.3. The van der Waals surface area contributed by atoms with E-state index in [2.05, 4.69) is 20.6 Å². The smallest absolute Gasteiger partial charge is 0.383 e. The molecule has 12 heteroatoms. The highest BCUT2D eigenvalue weighted by molar-refractivity contribution is 5.96. The van der Waals surface area contributed by atoms with Crippen molar-refractivity contribution in [2.75, 3.05) is 19.0 Å². The minimum absolute atomic E-state index is 0.0495. The van der Waals surface area contributed by atoms with E-state index >= 15 is 4.39 Å². The summed E-state index contributed by atoms with van der Waals surface area (Å²) in [4.78, 5) is 0. The van der Waals surface area contributed by atoms with Crippen molar-refractivity contribution in [1.82, 2.24) is 24.5 Å². The molecule has 2 aromatic carbocycles. The summed E-state index contributed by atoms with van der Waals surface area (Å²) < 4.78 is 81.5. The van der Waals surface area contributed by atoms with Crippen molar-refractivity contribution in [2.24, 2.45) is 0 Å². The zero-order valence-corrected chi connectivity index (χ0v) is 19.3. The number of nitrogens with one attached hydrogen (secondary N) is 1. The van der Waals surface area contributed by atoms with E-state index in [1.807, 2.05) is 0 Å². The van der Waals surface area contributed by atoms with Crippen molar-refractivity contribution in [3.05, 3.63) is 53.2 Å².